The first kappa shape index (κ1) is 43.8. The summed E-state index contributed by atoms with van der Waals surface area (Å²) in [5.74, 6) is -1.07. The molecule has 0 spiro atoms. The van der Waals surface area contributed by atoms with Crippen molar-refractivity contribution in [3.63, 3.8) is 0 Å². The molecule has 0 radical (unpaired) electrons. The minimum atomic E-state index is -5.08. The molecule has 4 aromatic heterocycles. The Morgan fingerprint density at radius 2 is 0.632 bits per heavy atom. The molecule has 4 nitrogen and oxygen atoms in total. The fraction of sp³-hybridized carbons (Fsp3) is 0.0149. The summed E-state index contributed by atoms with van der Waals surface area (Å²) < 4.78 is 92.4. The summed E-state index contributed by atoms with van der Waals surface area (Å²) in [4.78, 5) is 0. The summed E-state index contributed by atoms with van der Waals surface area (Å²) >= 11 is 0. The van der Waals surface area contributed by atoms with E-state index in [2.05, 4.69) is 21.3 Å². The SMILES string of the molecule is Fc1ccc(-c2cc(-c3ccc(F)cc3)c(-n3c4ccccc4c4ccc5c(c6ccccc6n5-c5ccccc5)c43)c(C(F)(F)F)c2-n2c3ccccc3c3ccc4c(c5ccccc5n4-c4ccccc4)c32)cc1. The molecule has 15 rings (SSSR count). The number of alkyl halides is 3. The lowest BCUT2D eigenvalue weighted by Gasteiger charge is -2.27. The molecule has 0 aliphatic heterocycles. The first-order valence-corrected chi connectivity index (χ1v) is 25.1. The van der Waals surface area contributed by atoms with E-state index < -0.39 is 23.4 Å². The van der Waals surface area contributed by atoms with Gasteiger partial charge in [0, 0.05) is 65.6 Å². The molecule has 0 aliphatic carbocycles. The number of rotatable bonds is 6. The molecular formula is C67H39F5N4. The summed E-state index contributed by atoms with van der Waals surface area (Å²) in [6, 6.07) is 72.3. The second kappa shape index (κ2) is 16.4. The van der Waals surface area contributed by atoms with E-state index in [4.69, 9.17) is 0 Å². The van der Waals surface area contributed by atoms with Crippen LogP contribution in [-0.4, -0.2) is 18.3 Å². The average Bonchev–Trinajstić information content (AvgIpc) is 4.19. The number of benzene rings is 11. The maximum atomic E-state index is 18.0. The first-order valence-electron chi connectivity index (χ1n) is 25.1. The van der Waals surface area contributed by atoms with Crippen LogP contribution >= 0.6 is 0 Å². The van der Waals surface area contributed by atoms with Gasteiger partial charge in [-0.25, -0.2) is 8.78 Å². The molecule has 9 heteroatoms. The van der Waals surface area contributed by atoms with Crippen LogP contribution in [-0.2, 0) is 6.18 Å². The summed E-state index contributed by atoms with van der Waals surface area (Å²) in [7, 11) is 0. The third-order valence-electron chi connectivity index (χ3n) is 15.3. The number of fused-ring (bicyclic) bond motifs is 14. The standard InChI is InChI=1S/C67H39F5N4/c68-42-31-27-40(28-32-42)52-39-53(41-29-33-43(69)34-30-41)66(76-55-24-12-8-20-47(55)49-36-38-59-61(64(49)76)51-22-10-14-26-57(51)74(59)45-17-5-2-6-18-45)62(67(70,71)72)65(52)75-54-23-11-7-19-46(54)48-35-37-58-60(63(48)75)50-21-9-13-25-56(50)73(58)44-15-3-1-4-16-44/h1-39H. The molecule has 4 heterocycles. The Bertz CT molecular complexity index is 4550. The van der Waals surface area contributed by atoms with Crippen LogP contribution < -0.4 is 0 Å². The summed E-state index contributed by atoms with van der Waals surface area (Å²) in [6.45, 7) is 0. The van der Waals surface area contributed by atoms with E-state index in [0.717, 1.165) is 76.5 Å². The minimum Gasteiger partial charge on any atom is -0.309 e. The van der Waals surface area contributed by atoms with E-state index in [1.54, 1.807) is 15.2 Å². The van der Waals surface area contributed by atoms with Gasteiger partial charge in [0.2, 0.25) is 0 Å². The van der Waals surface area contributed by atoms with Gasteiger partial charge in [-0.2, -0.15) is 13.2 Å². The van der Waals surface area contributed by atoms with Crippen molar-refractivity contribution in [2.24, 2.45) is 0 Å². The fourth-order valence-electron chi connectivity index (χ4n) is 12.3. The van der Waals surface area contributed by atoms with Gasteiger partial charge in [-0.1, -0.05) is 146 Å². The van der Waals surface area contributed by atoms with Crippen molar-refractivity contribution >= 4 is 87.2 Å². The molecule has 0 atom stereocenters. The van der Waals surface area contributed by atoms with Gasteiger partial charge in [0.1, 0.15) is 17.2 Å². The molecule has 11 aromatic carbocycles. The van der Waals surface area contributed by atoms with E-state index in [1.165, 1.54) is 48.5 Å². The third-order valence-corrected chi connectivity index (χ3v) is 15.3. The minimum absolute atomic E-state index is 0.139. The molecule has 0 fully saturated rings. The molecule has 0 saturated carbocycles. The number of aromatic nitrogens is 4. The van der Waals surface area contributed by atoms with Crippen LogP contribution in [0.1, 0.15) is 5.56 Å². The second-order valence-corrected chi connectivity index (χ2v) is 19.3. The highest BCUT2D eigenvalue weighted by atomic mass is 19.4. The largest absolute Gasteiger partial charge is 0.420 e. The van der Waals surface area contributed by atoms with Crippen molar-refractivity contribution in [3.8, 4) is 45.0 Å². The predicted molar refractivity (Wildman–Crippen MR) is 300 cm³/mol. The number of hydrogen-bond donors (Lipinski definition) is 0. The zero-order valence-corrected chi connectivity index (χ0v) is 40.2. The Labute approximate surface area is 430 Å². The summed E-state index contributed by atoms with van der Waals surface area (Å²) in [6.07, 6.45) is -5.08. The monoisotopic (exact) mass is 994 g/mol. The van der Waals surface area contributed by atoms with E-state index in [0.29, 0.717) is 33.2 Å². The van der Waals surface area contributed by atoms with Gasteiger partial charge in [0.15, 0.2) is 0 Å². The molecule has 0 saturated heterocycles. The Hall–Kier alpha value is -9.73. The van der Waals surface area contributed by atoms with Gasteiger partial charge < -0.3 is 18.3 Å². The second-order valence-electron chi connectivity index (χ2n) is 19.3. The van der Waals surface area contributed by atoms with Crippen molar-refractivity contribution in [3.05, 3.63) is 254 Å². The van der Waals surface area contributed by atoms with E-state index in [1.807, 2.05) is 170 Å². The Morgan fingerprint density at radius 1 is 0.289 bits per heavy atom. The number of hydrogen-bond acceptors (Lipinski definition) is 0. The molecule has 0 aliphatic rings. The summed E-state index contributed by atoms with van der Waals surface area (Å²) in [5.41, 5.74) is 7.36. The van der Waals surface area contributed by atoms with Crippen LogP contribution in [0.5, 0.6) is 0 Å². The van der Waals surface area contributed by atoms with Crippen molar-refractivity contribution in [1.82, 2.24) is 18.3 Å². The lowest BCUT2D eigenvalue weighted by molar-refractivity contribution is -0.137. The maximum absolute atomic E-state index is 18.0. The average molecular weight is 995 g/mol. The van der Waals surface area contributed by atoms with Crippen molar-refractivity contribution < 1.29 is 22.0 Å². The van der Waals surface area contributed by atoms with E-state index in [9.17, 15) is 0 Å². The third kappa shape index (κ3) is 6.29. The quantitative estimate of drug-likeness (QED) is 0.148. The van der Waals surface area contributed by atoms with Gasteiger partial charge in [-0.3, -0.25) is 0 Å². The Morgan fingerprint density at radius 3 is 1.01 bits per heavy atom. The van der Waals surface area contributed by atoms with Crippen LogP contribution in [0.2, 0.25) is 0 Å². The molecule has 76 heavy (non-hydrogen) atoms. The van der Waals surface area contributed by atoms with Crippen LogP contribution in [0.25, 0.3) is 132 Å². The summed E-state index contributed by atoms with van der Waals surface area (Å²) in [5, 5.41) is 6.27. The molecule has 362 valence electrons. The topological polar surface area (TPSA) is 19.7 Å². The van der Waals surface area contributed by atoms with Crippen LogP contribution in [0.4, 0.5) is 22.0 Å². The highest BCUT2D eigenvalue weighted by Gasteiger charge is 2.43. The van der Waals surface area contributed by atoms with Crippen molar-refractivity contribution in [2.45, 2.75) is 6.18 Å². The number of nitrogens with zero attached hydrogens (tertiary/aromatic N) is 4. The van der Waals surface area contributed by atoms with Crippen LogP contribution in [0, 0.1) is 11.6 Å². The molecule has 0 N–H and O–H groups in total. The lowest BCUT2D eigenvalue weighted by Crippen LogP contribution is -2.18. The van der Waals surface area contributed by atoms with Crippen molar-refractivity contribution in [2.75, 3.05) is 0 Å². The van der Waals surface area contributed by atoms with Crippen LogP contribution in [0.3, 0.4) is 0 Å². The molecule has 0 bridgehead atoms. The van der Waals surface area contributed by atoms with Gasteiger partial charge in [-0.05, 0) is 102 Å². The molecule has 0 unspecified atom stereocenters. The first-order chi connectivity index (χ1) is 37.2. The molecule has 15 aromatic rings. The van der Waals surface area contributed by atoms with Gasteiger partial charge in [-0.15, -0.1) is 0 Å². The fourth-order valence-corrected chi connectivity index (χ4v) is 12.3. The normalized spacial score (nSPS) is 12.3. The van der Waals surface area contributed by atoms with Crippen LogP contribution in [0.15, 0.2) is 237 Å². The van der Waals surface area contributed by atoms with Gasteiger partial charge in [0.25, 0.3) is 0 Å². The smallest absolute Gasteiger partial charge is 0.309 e. The molecular weight excluding hydrogens is 956 g/mol. The highest BCUT2D eigenvalue weighted by Crippen LogP contribution is 2.53. The van der Waals surface area contributed by atoms with E-state index in [-0.39, 0.29) is 22.5 Å². The zero-order chi connectivity index (χ0) is 51.0. The van der Waals surface area contributed by atoms with Gasteiger partial charge in [0.05, 0.1) is 55.5 Å². The lowest BCUT2D eigenvalue weighted by atomic mass is 9.90. The van der Waals surface area contributed by atoms with Crippen molar-refractivity contribution in [1.29, 1.82) is 0 Å². The maximum Gasteiger partial charge on any atom is 0.420 e. The number of halogens is 5. The Kier molecular flexibility index (Phi) is 9.45. The highest BCUT2D eigenvalue weighted by molar-refractivity contribution is 6.28. The zero-order valence-electron chi connectivity index (χ0n) is 40.2. The Balaban J connectivity index is 1.22. The van der Waals surface area contributed by atoms with E-state index >= 15 is 22.0 Å². The van der Waals surface area contributed by atoms with Gasteiger partial charge >= 0.3 is 6.18 Å². The number of para-hydroxylation sites is 6. The molecule has 0 amide bonds. The predicted octanol–water partition coefficient (Wildman–Crippen LogP) is 18.7.